The van der Waals surface area contributed by atoms with Crippen LogP contribution >= 0.6 is 0 Å². The maximum Gasteiger partial charge on any atom is 0.369 e. The van der Waals surface area contributed by atoms with Crippen LogP contribution < -0.4 is 0 Å². The van der Waals surface area contributed by atoms with E-state index in [0.29, 0.717) is 5.92 Å². The van der Waals surface area contributed by atoms with Gasteiger partial charge in [-0.2, -0.15) is 0 Å². The molecule has 0 bridgehead atoms. The zero-order chi connectivity index (χ0) is 6.78. The fourth-order valence-electron chi connectivity index (χ4n) is 0.136. The summed E-state index contributed by atoms with van der Waals surface area (Å²) in [4.78, 5) is 0. The van der Waals surface area contributed by atoms with Crippen molar-refractivity contribution in [1.82, 2.24) is 0 Å². The van der Waals surface area contributed by atoms with Crippen molar-refractivity contribution in [3.8, 4) is 0 Å². The maximum atomic E-state index is 5.12. The first-order valence-corrected chi connectivity index (χ1v) is 3.35. The summed E-state index contributed by atoms with van der Waals surface area (Å²) in [6, 6.07) is 0. The van der Waals surface area contributed by atoms with Crippen LogP contribution in [0.5, 0.6) is 0 Å². The quantitative estimate of drug-likeness (QED) is 0.512. The highest BCUT2D eigenvalue weighted by atomic mass is 27.1. The van der Waals surface area contributed by atoms with E-state index >= 15 is 0 Å². The predicted molar refractivity (Wildman–Crippen MR) is 35.8 cm³/mol. The Bertz CT molecular complexity index is 68.9. The van der Waals surface area contributed by atoms with Crippen LogP contribution in [0.25, 0.3) is 0 Å². The van der Waals surface area contributed by atoms with Gasteiger partial charge in [-0.3, -0.25) is 0 Å². The third-order valence-electron chi connectivity index (χ3n) is 1.69. The van der Waals surface area contributed by atoms with E-state index in [-0.39, 0.29) is 5.60 Å². The van der Waals surface area contributed by atoms with Crippen molar-refractivity contribution < 1.29 is 3.79 Å². The summed E-state index contributed by atoms with van der Waals surface area (Å²) in [6.45, 7) is 8.43. The lowest BCUT2D eigenvalue weighted by Gasteiger charge is -2.29. The van der Waals surface area contributed by atoms with E-state index < -0.39 is 0 Å². The largest absolute Gasteiger partial charge is 0.512 e. The van der Waals surface area contributed by atoms with Gasteiger partial charge in [-0.15, -0.1) is 0 Å². The SMILES string of the molecule is CC(C)C(C)(C)[O][Al]. The average Bonchev–Trinajstić information content (AvgIpc) is 1.67. The van der Waals surface area contributed by atoms with Crippen LogP contribution in [0.1, 0.15) is 27.7 Å². The number of hydrogen-bond acceptors (Lipinski definition) is 1. The molecule has 0 aliphatic heterocycles. The number of rotatable bonds is 2. The Morgan fingerprint density at radius 2 is 1.75 bits per heavy atom. The van der Waals surface area contributed by atoms with Crippen LogP contribution in [0.2, 0.25) is 0 Å². The molecular formula is C6H13AlO. The van der Waals surface area contributed by atoms with Crippen LogP contribution in [0, 0.1) is 5.92 Å². The summed E-state index contributed by atoms with van der Waals surface area (Å²) in [5.74, 6) is 0.569. The smallest absolute Gasteiger partial charge is 0.369 e. The minimum atomic E-state index is 0.00463. The fourth-order valence-corrected chi connectivity index (χ4v) is 0.408. The number of hydrogen-bond donors (Lipinski definition) is 0. The highest BCUT2D eigenvalue weighted by Crippen LogP contribution is 2.17. The monoisotopic (exact) mass is 128 g/mol. The van der Waals surface area contributed by atoms with E-state index in [0.717, 1.165) is 0 Å². The summed E-state index contributed by atoms with van der Waals surface area (Å²) in [5.41, 5.74) is 0.00463. The van der Waals surface area contributed by atoms with Crippen molar-refractivity contribution in [2.45, 2.75) is 33.3 Å². The van der Waals surface area contributed by atoms with Gasteiger partial charge in [0, 0.05) is 5.60 Å². The van der Waals surface area contributed by atoms with Crippen molar-refractivity contribution >= 4 is 16.6 Å². The molecule has 0 heterocycles. The van der Waals surface area contributed by atoms with Gasteiger partial charge in [0.05, 0.1) is 0 Å². The Kier molecular flexibility index (Phi) is 3.05. The summed E-state index contributed by atoms with van der Waals surface area (Å²) < 4.78 is 5.12. The first-order valence-electron chi connectivity index (χ1n) is 2.88. The average molecular weight is 128 g/mol. The Morgan fingerprint density at radius 1 is 1.38 bits per heavy atom. The molecular weight excluding hydrogens is 115 g/mol. The third-order valence-corrected chi connectivity index (χ3v) is 2.30. The van der Waals surface area contributed by atoms with E-state index in [9.17, 15) is 0 Å². The summed E-state index contributed by atoms with van der Waals surface area (Å²) in [7, 11) is 0. The molecule has 8 heavy (non-hydrogen) atoms. The van der Waals surface area contributed by atoms with Gasteiger partial charge in [0.2, 0.25) is 0 Å². The molecule has 0 aromatic heterocycles. The van der Waals surface area contributed by atoms with Gasteiger partial charge in [0.15, 0.2) is 0 Å². The topological polar surface area (TPSA) is 9.23 Å². The molecule has 2 radical (unpaired) electrons. The van der Waals surface area contributed by atoms with Crippen LogP contribution in [0.4, 0.5) is 0 Å². The minimum absolute atomic E-state index is 0.00463. The zero-order valence-corrected chi connectivity index (χ0v) is 7.22. The summed E-state index contributed by atoms with van der Waals surface area (Å²) in [5, 5.41) is 0. The molecule has 0 aliphatic carbocycles. The van der Waals surface area contributed by atoms with E-state index in [1.165, 1.54) is 0 Å². The highest BCUT2D eigenvalue weighted by Gasteiger charge is 2.18. The Morgan fingerprint density at radius 3 is 1.75 bits per heavy atom. The van der Waals surface area contributed by atoms with Crippen molar-refractivity contribution in [3.05, 3.63) is 0 Å². The lowest BCUT2D eigenvalue weighted by Crippen LogP contribution is -2.29. The van der Waals surface area contributed by atoms with Gasteiger partial charge in [-0.1, -0.05) is 13.8 Å². The van der Waals surface area contributed by atoms with Crippen molar-refractivity contribution in [3.63, 3.8) is 0 Å². The molecule has 0 unspecified atom stereocenters. The first kappa shape index (κ1) is 8.49. The van der Waals surface area contributed by atoms with E-state index in [1.54, 1.807) is 0 Å². The van der Waals surface area contributed by atoms with Crippen molar-refractivity contribution in [2.24, 2.45) is 5.92 Å². The molecule has 0 saturated heterocycles. The Balaban J connectivity index is 3.71. The second kappa shape index (κ2) is 2.87. The maximum absolute atomic E-state index is 5.12. The molecule has 0 atom stereocenters. The normalized spacial score (nSPS) is 12.6. The minimum Gasteiger partial charge on any atom is -0.512 e. The van der Waals surface area contributed by atoms with E-state index in [4.69, 9.17) is 3.79 Å². The van der Waals surface area contributed by atoms with Gasteiger partial charge in [0.1, 0.15) is 0 Å². The third kappa shape index (κ3) is 2.17. The molecule has 46 valence electrons. The molecule has 0 aromatic carbocycles. The summed E-state index contributed by atoms with van der Waals surface area (Å²) >= 11 is 2.29. The molecule has 0 rings (SSSR count). The molecule has 2 heteroatoms. The van der Waals surface area contributed by atoms with Gasteiger partial charge in [0.25, 0.3) is 0 Å². The van der Waals surface area contributed by atoms with Gasteiger partial charge >= 0.3 is 16.6 Å². The zero-order valence-electron chi connectivity index (χ0n) is 6.06. The molecule has 0 N–H and O–H groups in total. The molecule has 0 amide bonds. The second-order valence-electron chi connectivity index (χ2n) is 2.88. The molecule has 0 fully saturated rings. The van der Waals surface area contributed by atoms with Crippen molar-refractivity contribution in [2.75, 3.05) is 0 Å². The van der Waals surface area contributed by atoms with Crippen LogP contribution in [0.3, 0.4) is 0 Å². The first-order chi connectivity index (χ1) is 3.50. The van der Waals surface area contributed by atoms with Crippen molar-refractivity contribution in [1.29, 1.82) is 0 Å². The highest BCUT2D eigenvalue weighted by molar-refractivity contribution is 5.98. The standard InChI is InChI=1S/C6H13O.Al/c1-5(2)6(3,4)7;/h5H,1-4H3;/q-1;+1. The van der Waals surface area contributed by atoms with E-state index in [1.807, 2.05) is 0 Å². The van der Waals surface area contributed by atoms with Crippen LogP contribution in [0.15, 0.2) is 0 Å². The summed E-state index contributed by atoms with van der Waals surface area (Å²) in [6.07, 6.45) is 0. The van der Waals surface area contributed by atoms with E-state index in [2.05, 4.69) is 44.3 Å². The molecule has 0 saturated carbocycles. The lowest BCUT2D eigenvalue weighted by atomic mass is 9.95. The Labute approximate surface area is 60.2 Å². The Hall–Kier alpha value is 0.492. The molecule has 0 spiro atoms. The van der Waals surface area contributed by atoms with Gasteiger partial charge in [-0.05, 0) is 19.8 Å². The fraction of sp³-hybridized carbons (Fsp3) is 1.00. The van der Waals surface area contributed by atoms with Crippen LogP contribution in [-0.4, -0.2) is 22.2 Å². The van der Waals surface area contributed by atoms with Crippen LogP contribution in [-0.2, 0) is 3.79 Å². The lowest BCUT2D eigenvalue weighted by molar-refractivity contribution is 0.0707. The van der Waals surface area contributed by atoms with Gasteiger partial charge in [-0.25, -0.2) is 0 Å². The predicted octanol–water partition coefficient (Wildman–Crippen LogP) is 1.52. The second-order valence-corrected chi connectivity index (χ2v) is 3.11. The molecule has 0 aromatic rings. The molecule has 1 nitrogen and oxygen atoms in total. The molecule has 0 aliphatic rings. The van der Waals surface area contributed by atoms with Gasteiger partial charge < -0.3 is 3.79 Å².